The standard InChI is InChI=1S/C20H26F2N4O/c1-12-15(10-24-26(12)20(2,3)4)19(27)25-18-11-23-8-7-14(18)13-5-6-16(21)17(22)9-13/h5-6,9-10,14,18,23H,7-8,11H2,1-4H3,(H,25,27). The van der Waals surface area contributed by atoms with Gasteiger partial charge in [-0.3, -0.25) is 9.48 Å². The van der Waals surface area contributed by atoms with Crippen LogP contribution in [0.25, 0.3) is 0 Å². The number of benzene rings is 1. The summed E-state index contributed by atoms with van der Waals surface area (Å²) in [4.78, 5) is 12.8. The molecule has 1 fully saturated rings. The van der Waals surface area contributed by atoms with Crippen LogP contribution in [0.2, 0.25) is 0 Å². The molecule has 1 amide bonds. The SMILES string of the molecule is Cc1c(C(=O)NC2CNCCC2c2ccc(F)c(F)c2)cnn1C(C)(C)C. The third-order valence-electron chi connectivity index (χ3n) is 5.06. The van der Waals surface area contributed by atoms with Crippen LogP contribution in [0, 0.1) is 18.6 Å². The van der Waals surface area contributed by atoms with Crippen LogP contribution < -0.4 is 10.6 Å². The summed E-state index contributed by atoms with van der Waals surface area (Å²) in [7, 11) is 0. The lowest BCUT2D eigenvalue weighted by Crippen LogP contribution is -2.50. The molecule has 1 aromatic carbocycles. The number of nitrogens with one attached hydrogen (secondary N) is 2. The maximum absolute atomic E-state index is 13.7. The summed E-state index contributed by atoms with van der Waals surface area (Å²) in [5.41, 5.74) is 1.80. The van der Waals surface area contributed by atoms with Crippen LogP contribution in [-0.2, 0) is 5.54 Å². The largest absolute Gasteiger partial charge is 0.347 e. The van der Waals surface area contributed by atoms with Crippen molar-refractivity contribution >= 4 is 5.91 Å². The highest BCUT2D eigenvalue weighted by Crippen LogP contribution is 2.27. The zero-order valence-electron chi connectivity index (χ0n) is 16.1. The fourth-order valence-electron chi connectivity index (χ4n) is 3.71. The van der Waals surface area contributed by atoms with Gasteiger partial charge in [0, 0.05) is 24.2 Å². The molecule has 0 spiro atoms. The van der Waals surface area contributed by atoms with Gasteiger partial charge in [0.25, 0.3) is 5.91 Å². The van der Waals surface area contributed by atoms with Crippen molar-refractivity contribution in [1.82, 2.24) is 20.4 Å². The van der Waals surface area contributed by atoms with Crippen molar-refractivity contribution in [3.8, 4) is 0 Å². The van der Waals surface area contributed by atoms with Crippen molar-refractivity contribution in [3.63, 3.8) is 0 Å². The first kappa shape index (κ1) is 19.5. The van der Waals surface area contributed by atoms with Gasteiger partial charge in [0.05, 0.1) is 17.3 Å². The predicted octanol–water partition coefficient (Wildman–Crippen LogP) is 3.10. The zero-order chi connectivity index (χ0) is 19.8. The molecule has 0 bridgehead atoms. The third kappa shape index (κ3) is 4.03. The van der Waals surface area contributed by atoms with Crippen LogP contribution >= 0.6 is 0 Å². The first-order valence-electron chi connectivity index (χ1n) is 9.20. The van der Waals surface area contributed by atoms with Gasteiger partial charge in [-0.1, -0.05) is 6.07 Å². The van der Waals surface area contributed by atoms with E-state index < -0.39 is 11.6 Å². The van der Waals surface area contributed by atoms with E-state index in [1.807, 2.05) is 32.4 Å². The van der Waals surface area contributed by atoms with E-state index in [9.17, 15) is 13.6 Å². The highest BCUT2D eigenvalue weighted by atomic mass is 19.2. The Morgan fingerprint density at radius 3 is 2.67 bits per heavy atom. The maximum Gasteiger partial charge on any atom is 0.255 e. The second kappa shape index (κ2) is 7.38. The van der Waals surface area contributed by atoms with Crippen molar-refractivity contribution < 1.29 is 13.6 Å². The van der Waals surface area contributed by atoms with Crippen LogP contribution in [0.1, 0.15) is 54.7 Å². The molecule has 2 N–H and O–H groups in total. The van der Waals surface area contributed by atoms with Gasteiger partial charge in [-0.05, 0) is 58.4 Å². The molecule has 2 unspecified atom stereocenters. The Bertz CT molecular complexity index is 841. The molecule has 0 saturated carbocycles. The summed E-state index contributed by atoms with van der Waals surface area (Å²) in [6.45, 7) is 9.29. The van der Waals surface area contributed by atoms with Gasteiger partial charge in [0.15, 0.2) is 11.6 Å². The van der Waals surface area contributed by atoms with Crippen molar-refractivity contribution in [1.29, 1.82) is 0 Å². The molecule has 5 nitrogen and oxygen atoms in total. The minimum absolute atomic E-state index is 0.0803. The van der Waals surface area contributed by atoms with E-state index in [0.717, 1.165) is 24.7 Å². The van der Waals surface area contributed by atoms with Crippen molar-refractivity contribution in [2.45, 2.75) is 51.6 Å². The number of carbonyl (C=O) groups excluding carboxylic acids is 1. The minimum atomic E-state index is -0.863. The summed E-state index contributed by atoms with van der Waals surface area (Å²) in [6.07, 6.45) is 2.31. The second-order valence-electron chi connectivity index (χ2n) is 8.08. The molecule has 2 heterocycles. The highest BCUT2D eigenvalue weighted by Gasteiger charge is 2.30. The Balaban J connectivity index is 1.81. The average Bonchev–Trinajstić information content (AvgIpc) is 3.00. The summed E-state index contributed by atoms with van der Waals surface area (Å²) in [5, 5.41) is 10.7. The fraction of sp³-hybridized carbons (Fsp3) is 0.500. The van der Waals surface area contributed by atoms with E-state index in [0.29, 0.717) is 17.7 Å². The van der Waals surface area contributed by atoms with Crippen LogP contribution in [0.15, 0.2) is 24.4 Å². The lowest BCUT2D eigenvalue weighted by atomic mass is 9.86. The minimum Gasteiger partial charge on any atom is -0.347 e. The number of halogens is 2. The molecule has 1 saturated heterocycles. The van der Waals surface area contributed by atoms with Crippen molar-refractivity contribution in [2.75, 3.05) is 13.1 Å². The van der Waals surface area contributed by atoms with Gasteiger partial charge in [0.2, 0.25) is 0 Å². The Kier molecular flexibility index (Phi) is 5.33. The predicted molar refractivity (Wildman–Crippen MR) is 99.8 cm³/mol. The van der Waals surface area contributed by atoms with Crippen LogP contribution in [-0.4, -0.2) is 34.8 Å². The number of amides is 1. The maximum atomic E-state index is 13.7. The molecule has 0 radical (unpaired) electrons. The molecule has 2 atom stereocenters. The van der Waals surface area contributed by atoms with Crippen LogP contribution in [0.5, 0.6) is 0 Å². The Hall–Kier alpha value is -2.28. The van der Waals surface area contributed by atoms with E-state index in [4.69, 9.17) is 0 Å². The van der Waals surface area contributed by atoms with E-state index in [2.05, 4.69) is 15.7 Å². The van der Waals surface area contributed by atoms with E-state index in [1.54, 1.807) is 12.3 Å². The van der Waals surface area contributed by atoms with Crippen LogP contribution in [0.4, 0.5) is 8.78 Å². The highest BCUT2D eigenvalue weighted by molar-refractivity contribution is 5.95. The van der Waals surface area contributed by atoms with E-state index in [-0.39, 0.29) is 23.4 Å². The summed E-state index contributed by atoms with van der Waals surface area (Å²) < 4.78 is 28.8. The summed E-state index contributed by atoms with van der Waals surface area (Å²) in [5.74, 6) is -2.01. The van der Waals surface area contributed by atoms with Gasteiger partial charge < -0.3 is 10.6 Å². The molecule has 1 aromatic heterocycles. The molecule has 146 valence electrons. The normalized spacial score (nSPS) is 20.5. The Labute approximate surface area is 158 Å². The molecule has 2 aromatic rings. The topological polar surface area (TPSA) is 59.0 Å². The van der Waals surface area contributed by atoms with Crippen LogP contribution in [0.3, 0.4) is 0 Å². The summed E-state index contributed by atoms with van der Waals surface area (Å²) >= 11 is 0. The smallest absolute Gasteiger partial charge is 0.255 e. The van der Waals surface area contributed by atoms with Gasteiger partial charge in [-0.15, -0.1) is 0 Å². The molecule has 1 aliphatic rings. The first-order valence-corrected chi connectivity index (χ1v) is 9.20. The van der Waals surface area contributed by atoms with Crippen molar-refractivity contribution in [3.05, 3.63) is 52.9 Å². The number of carbonyl (C=O) groups is 1. The molecule has 27 heavy (non-hydrogen) atoms. The molecule has 3 rings (SSSR count). The van der Waals surface area contributed by atoms with E-state index >= 15 is 0 Å². The molecule has 0 aliphatic carbocycles. The molecular formula is C20H26F2N4O. The van der Waals surface area contributed by atoms with Gasteiger partial charge >= 0.3 is 0 Å². The number of aromatic nitrogens is 2. The monoisotopic (exact) mass is 376 g/mol. The number of hydrogen-bond donors (Lipinski definition) is 2. The van der Waals surface area contributed by atoms with Crippen molar-refractivity contribution in [2.24, 2.45) is 0 Å². The Morgan fingerprint density at radius 2 is 2.04 bits per heavy atom. The molecular weight excluding hydrogens is 350 g/mol. The second-order valence-corrected chi connectivity index (χ2v) is 8.08. The van der Waals surface area contributed by atoms with Gasteiger partial charge in [-0.25, -0.2) is 8.78 Å². The number of rotatable bonds is 3. The first-order chi connectivity index (χ1) is 12.7. The number of piperidine rings is 1. The van der Waals surface area contributed by atoms with Gasteiger partial charge in [0.1, 0.15) is 0 Å². The average molecular weight is 376 g/mol. The zero-order valence-corrected chi connectivity index (χ0v) is 16.1. The number of hydrogen-bond acceptors (Lipinski definition) is 3. The molecule has 7 heteroatoms. The Morgan fingerprint density at radius 1 is 1.30 bits per heavy atom. The van der Waals surface area contributed by atoms with E-state index in [1.165, 1.54) is 6.07 Å². The van der Waals surface area contributed by atoms with Gasteiger partial charge in [-0.2, -0.15) is 5.10 Å². The lowest BCUT2D eigenvalue weighted by molar-refractivity contribution is 0.0923. The quantitative estimate of drug-likeness (QED) is 0.865. The molecule has 1 aliphatic heterocycles. The third-order valence-corrected chi connectivity index (χ3v) is 5.06. The lowest BCUT2D eigenvalue weighted by Gasteiger charge is -2.33. The number of nitrogens with zero attached hydrogens (tertiary/aromatic N) is 2. The fourth-order valence-corrected chi connectivity index (χ4v) is 3.71. The summed E-state index contributed by atoms with van der Waals surface area (Å²) in [6, 6.07) is 3.75.